The van der Waals surface area contributed by atoms with Gasteiger partial charge in [-0.2, -0.15) is 0 Å². The summed E-state index contributed by atoms with van der Waals surface area (Å²) in [5.74, 6) is 0.599. The lowest BCUT2D eigenvalue weighted by Gasteiger charge is -2.35. The van der Waals surface area contributed by atoms with Gasteiger partial charge in [-0.1, -0.05) is 15.9 Å². The summed E-state index contributed by atoms with van der Waals surface area (Å²) in [6.07, 6.45) is 6.02. The van der Waals surface area contributed by atoms with E-state index in [0.717, 1.165) is 49.4 Å². The smallest absolute Gasteiger partial charge is 0.193 e. The van der Waals surface area contributed by atoms with Crippen molar-refractivity contribution in [2.45, 2.75) is 50.9 Å². The molecule has 2 aliphatic rings. The predicted molar refractivity (Wildman–Crippen MR) is 124 cm³/mol. The van der Waals surface area contributed by atoms with Crippen LogP contribution in [0.4, 0.5) is 4.39 Å². The topological polar surface area (TPSA) is 46.1 Å². The largest absolute Gasteiger partial charge is 0.376 e. The van der Waals surface area contributed by atoms with E-state index in [0.29, 0.717) is 18.7 Å². The number of rotatable bonds is 5. The molecule has 1 N–H and O–H groups in total. The molecule has 2 fully saturated rings. The Labute approximate surface area is 192 Å². The normalized spacial score (nSPS) is 21.3. The molecule has 0 bridgehead atoms. The number of halogens is 3. The number of hydrogen-bond donors (Lipinski definition) is 1. The van der Waals surface area contributed by atoms with Crippen LogP contribution in [0.25, 0.3) is 0 Å². The molecule has 5 nitrogen and oxygen atoms in total. The van der Waals surface area contributed by atoms with Crippen molar-refractivity contribution >= 4 is 45.9 Å². The van der Waals surface area contributed by atoms with Crippen LogP contribution in [0.3, 0.4) is 0 Å². The lowest BCUT2D eigenvalue weighted by atomic mass is 10.1. The Balaban J connectivity index is 0.00000280. The number of likely N-dealkylation sites (tertiary alicyclic amines) is 1. The highest BCUT2D eigenvalue weighted by Crippen LogP contribution is 2.19. The predicted octanol–water partition coefficient (Wildman–Crippen LogP) is 4.33. The Hall–Kier alpha value is -0.450. The van der Waals surface area contributed by atoms with Gasteiger partial charge < -0.3 is 19.7 Å². The molecule has 2 aliphatic heterocycles. The van der Waals surface area contributed by atoms with E-state index in [4.69, 9.17) is 9.47 Å². The Kier molecular flexibility index (Phi) is 10.5. The van der Waals surface area contributed by atoms with Crippen molar-refractivity contribution < 1.29 is 13.9 Å². The standard InChI is InChI=1S/C20H29BrFN3O2.HI/c1-23-20(24-13-15-12-16(21)5-6-19(15)22)25-9-7-17(8-10-25)27-14-18-4-2-3-11-26-18;/h5-6,12,17-18H,2-4,7-11,13-14H2,1H3,(H,23,24);1H. The molecule has 2 saturated heterocycles. The lowest BCUT2D eigenvalue weighted by molar-refractivity contribution is -0.0721. The molecule has 8 heteroatoms. The summed E-state index contributed by atoms with van der Waals surface area (Å²) in [6, 6.07) is 4.97. The van der Waals surface area contributed by atoms with Gasteiger partial charge in [-0.05, 0) is 50.3 Å². The highest BCUT2D eigenvalue weighted by atomic mass is 127. The summed E-state index contributed by atoms with van der Waals surface area (Å²) in [5, 5.41) is 3.28. The number of aliphatic imine (C=N–C) groups is 1. The second kappa shape index (κ2) is 12.3. The molecule has 0 amide bonds. The average Bonchev–Trinajstić information content (AvgIpc) is 2.71. The average molecular weight is 570 g/mol. The maximum Gasteiger partial charge on any atom is 0.193 e. The molecule has 0 aromatic heterocycles. The molecular formula is C20H30BrFIN3O2. The molecule has 3 rings (SSSR count). The Bertz CT molecular complexity index is 636. The van der Waals surface area contributed by atoms with Crippen LogP contribution in [-0.4, -0.2) is 56.4 Å². The molecule has 158 valence electrons. The Morgan fingerprint density at radius 1 is 1.32 bits per heavy atom. The van der Waals surface area contributed by atoms with Crippen LogP contribution in [0.5, 0.6) is 0 Å². The summed E-state index contributed by atoms with van der Waals surface area (Å²) in [6.45, 7) is 3.76. The second-order valence-corrected chi connectivity index (χ2v) is 8.06. The van der Waals surface area contributed by atoms with Gasteiger partial charge in [0.1, 0.15) is 5.82 Å². The SMILES string of the molecule is CN=C(NCc1cc(Br)ccc1F)N1CCC(OCC2CCCCO2)CC1.I. The van der Waals surface area contributed by atoms with Gasteiger partial charge in [-0.25, -0.2) is 4.39 Å². The molecule has 0 saturated carbocycles. The van der Waals surface area contributed by atoms with Crippen molar-refractivity contribution in [3.63, 3.8) is 0 Å². The zero-order valence-electron chi connectivity index (χ0n) is 16.3. The molecule has 2 heterocycles. The molecule has 0 radical (unpaired) electrons. The fourth-order valence-corrected chi connectivity index (χ4v) is 4.01. The fraction of sp³-hybridized carbons (Fsp3) is 0.650. The van der Waals surface area contributed by atoms with Crippen molar-refractivity contribution in [1.82, 2.24) is 10.2 Å². The lowest BCUT2D eigenvalue weighted by Crippen LogP contribution is -2.47. The van der Waals surface area contributed by atoms with Crippen LogP contribution in [0.2, 0.25) is 0 Å². The van der Waals surface area contributed by atoms with Crippen LogP contribution in [0, 0.1) is 5.82 Å². The summed E-state index contributed by atoms with van der Waals surface area (Å²) in [4.78, 5) is 6.57. The van der Waals surface area contributed by atoms with Gasteiger partial charge in [0.05, 0.1) is 18.8 Å². The minimum absolute atomic E-state index is 0. The number of guanidine groups is 1. The van der Waals surface area contributed by atoms with Crippen LogP contribution in [-0.2, 0) is 16.0 Å². The Morgan fingerprint density at radius 2 is 2.11 bits per heavy atom. The first-order valence-corrected chi connectivity index (χ1v) is 10.6. The van der Waals surface area contributed by atoms with Gasteiger partial charge in [0.15, 0.2) is 5.96 Å². The highest BCUT2D eigenvalue weighted by molar-refractivity contribution is 14.0. The van der Waals surface area contributed by atoms with Crippen molar-refractivity contribution in [3.05, 3.63) is 34.1 Å². The maximum atomic E-state index is 13.9. The zero-order valence-corrected chi connectivity index (χ0v) is 20.2. The van der Waals surface area contributed by atoms with E-state index in [1.54, 1.807) is 19.2 Å². The third-order valence-electron chi connectivity index (χ3n) is 5.19. The Morgan fingerprint density at radius 3 is 2.79 bits per heavy atom. The minimum atomic E-state index is -0.210. The van der Waals surface area contributed by atoms with Crippen molar-refractivity contribution in [1.29, 1.82) is 0 Å². The molecule has 0 spiro atoms. The molecule has 0 aliphatic carbocycles. The zero-order chi connectivity index (χ0) is 19.1. The molecule has 1 unspecified atom stereocenters. The van der Waals surface area contributed by atoms with Crippen LogP contribution in [0.15, 0.2) is 27.7 Å². The fourth-order valence-electron chi connectivity index (χ4n) is 3.60. The van der Waals surface area contributed by atoms with Gasteiger partial charge in [0, 0.05) is 43.3 Å². The summed E-state index contributed by atoms with van der Waals surface area (Å²) >= 11 is 3.39. The first-order valence-electron chi connectivity index (χ1n) is 9.78. The number of ether oxygens (including phenoxy) is 2. The molecule has 1 atom stereocenters. The van der Waals surface area contributed by atoms with Crippen LogP contribution in [0.1, 0.15) is 37.7 Å². The van der Waals surface area contributed by atoms with Crippen molar-refractivity contribution in [2.75, 3.05) is 33.4 Å². The van der Waals surface area contributed by atoms with E-state index in [2.05, 4.69) is 31.1 Å². The number of nitrogens with zero attached hydrogens (tertiary/aromatic N) is 2. The maximum absolute atomic E-state index is 13.9. The molecule has 1 aromatic rings. The van der Waals surface area contributed by atoms with E-state index in [-0.39, 0.29) is 42.0 Å². The third kappa shape index (κ3) is 7.11. The second-order valence-electron chi connectivity index (χ2n) is 7.14. The summed E-state index contributed by atoms with van der Waals surface area (Å²) < 4.78 is 26.6. The van der Waals surface area contributed by atoms with E-state index in [9.17, 15) is 4.39 Å². The molecule has 28 heavy (non-hydrogen) atoms. The quantitative estimate of drug-likeness (QED) is 0.326. The van der Waals surface area contributed by atoms with Crippen molar-refractivity contribution in [3.8, 4) is 0 Å². The number of piperidine rings is 1. The minimum Gasteiger partial charge on any atom is -0.376 e. The number of nitrogens with one attached hydrogen (secondary N) is 1. The van der Waals surface area contributed by atoms with Gasteiger partial charge in [-0.3, -0.25) is 4.99 Å². The monoisotopic (exact) mass is 569 g/mol. The molecule has 1 aromatic carbocycles. The van der Waals surface area contributed by atoms with Gasteiger partial charge in [-0.15, -0.1) is 24.0 Å². The van der Waals surface area contributed by atoms with E-state index < -0.39 is 0 Å². The first kappa shape index (κ1) is 23.8. The van der Waals surface area contributed by atoms with Crippen LogP contribution >= 0.6 is 39.9 Å². The van der Waals surface area contributed by atoms with Crippen LogP contribution < -0.4 is 5.32 Å². The van der Waals surface area contributed by atoms with Crippen molar-refractivity contribution in [2.24, 2.45) is 4.99 Å². The van der Waals surface area contributed by atoms with E-state index >= 15 is 0 Å². The molecular weight excluding hydrogens is 540 g/mol. The number of benzene rings is 1. The summed E-state index contributed by atoms with van der Waals surface area (Å²) in [7, 11) is 1.77. The number of hydrogen-bond acceptors (Lipinski definition) is 3. The highest BCUT2D eigenvalue weighted by Gasteiger charge is 2.23. The van der Waals surface area contributed by atoms with E-state index in [1.165, 1.54) is 18.9 Å². The third-order valence-corrected chi connectivity index (χ3v) is 5.68. The summed E-state index contributed by atoms with van der Waals surface area (Å²) in [5.41, 5.74) is 0.622. The van der Waals surface area contributed by atoms with Gasteiger partial charge >= 0.3 is 0 Å². The van der Waals surface area contributed by atoms with Gasteiger partial charge in [0.2, 0.25) is 0 Å². The first-order chi connectivity index (χ1) is 13.2. The van der Waals surface area contributed by atoms with E-state index in [1.807, 2.05) is 0 Å². The van der Waals surface area contributed by atoms with Gasteiger partial charge in [0.25, 0.3) is 0 Å².